The second kappa shape index (κ2) is 6.27. The summed E-state index contributed by atoms with van der Waals surface area (Å²) < 4.78 is 7.78. The summed E-state index contributed by atoms with van der Waals surface area (Å²) >= 11 is 3.05. The van der Waals surface area contributed by atoms with E-state index in [0.717, 1.165) is 15.6 Å². The SMILES string of the molecule is CCOC(=O)c1cnn(C)c1CSc1sc(N)nc1C. The minimum absolute atomic E-state index is 0.336. The molecule has 0 unspecified atom stereocenters. The first kappa shape index (κ1) is 14.9. The maximum Gasteiger partial charge on any atom is 0.341 e. The predicted molar refractivity (Wildman–Crippen MR) is 80.0 cm³/mol. The van der Waals surface area contributed by atoms with Gasteiger partial charge in [0.15, 0.2) is 5.13 Å². The van der Waals surface area contributed by atoms with Crippen LogP contribution < -0.4 is 5.73 Å². The summed E-state index contributed by atoms with van der Waals surface area (Å²) in [6.45, 7) is 4.06. The second-order valence-corrected chi connectivity index (χ2v) is 6.34. The van der Waals surface area contributed by atoms with Crippen LogP contribution in [-0.2, 0) is 17.5 Å². The fraction of sp³-hybridized carbons (Fsp3) is 0.417. The third-order valence-electron chi connectivity index (χ3n) is 2.67. The van der Waals surface area contributed by atoms with Gasteiger partial charge in [0.25, 0.3) is 0 Å². The summed E-state index contributed by atoms with van der Waals surface area (Å²) in [5.41, 5.74) is 7.94. The molecule has 0 aliphatic rings. The van der Waals surface area contributed by atoms with Crippen molar-refractivity contribution in [2.75, 3.05) is 12.3 Å². The predicted octanol–water partition coefficient (Wildman–Crippen LogP) is 2.24. The Labute approximate surface area is 125 Å². The molecule has 0 saturated heterocycles. The van der Waals surface area contributed by atoms with Crippen LogP contribution in [0.4, 0.5) is 5.13 Å². The normalized spacial score (nSPS) is 10.8. The Morgan fingerprint density at radius 1 is 1.60 bits per heavy atom. The van der Waals surface area contributed by atoms with Gasteiger partial charge < -0.3 is 10.5 Å². The Kier molecular flexibility index (Phi) is 4.66. The first-order valence-electron chi connectivity index (χ1n) is 6.06. The van der Waals surface area contributed by atoms with Crippen molar-refractivity contribution in [2.24, 2.45) is 7.05 Å². The highest BCUT2D eigenvalue weighted by Crippen LogP contribution is 2.33. The summed E-state index contributed by atoms with van der Waals surface area (Å²) in [6, 6.07) is 0. The maximum absolute atomic E-state index is 11.8. The zero-order valence-electron chi connectivity index (χ0n) is 11.5. The van der Waals surface area contributed by atoms with E-state index in [1.807, 2.05) is 14.0 Å². The number of aromatic nitrogens is 3. The lowest BCUT2D eigenvalue weighted by atomic mass is 10.3. The standard InChI is InChI=1S/C12H16N4O2S2/c1-4-18-10(17)8-5-14-16(3)9(8)6-19-11-7(2)15-12(13)20-11/h5H,4,6H2,1-3H3,(H2,13,15). The van der Waals surface area contributed by atoms with Crippen LogP contribution >= 0.6 is 23.1 Å². The number of nitrogen functional groups attached to an aromatic ring is 1. The van der Waals surface area contributed by atoms with Gasteiger partial charge in [0.05, 0.1) is 28.4 Å². The summed E-state index contributed by atoms with van der Waals surface area (Å²) in [5, 5.41) is 4.68. The molecule has 0 aliphatic carbocycles. The molecular formula is C12H16N4O2S2. The number of ether oxygens (including phenoxy) is 1. The van der Waals surface area contributed by atoms with Gasteiger partial charge in [0.1, 0.15) is 5.56 Å². The van der Waals surface area contributed by atoms with Crippen LogP contribution in [0.5, 0.6) is 0 Å². The van der Waals surface area contributed by atoms with Gasteiger partial charge in [-0.15, -0.1) is 11.8 Å². The zero-order chi connectivity index (χ0) is 14.7. The average Bonchev–Trinajstić information content (AvgIpc) is 2.90. The molecule has 2 aromatic rings. The van der Waals surface area contributed by atoms with Crippen molar-refractivity contribution in [3.05, 3.63) is 23.1 Å². The van der Waals surface area contributed by atoms with Crippen molar-refractivity contribution in [3.8, 4) is 0 Å². The van der Waals surface area contributed by atoms with Crippen LogP contribution in [0.3, 0.4) is 0 Å². The molecular weight excluding hydrogens is 296 g/mol. The highest BCUT2D eigenvalue weighted by molar-refractivity contribution is 8.00. The first-order valence-corrected chi connectivity index (χ1v) is 7.86. The number of nitrogens with zero attached hydrogens (tertiary/aromatic N) is 3. The lowest BCUT2D eigenvalue weighted by molar-refractivity contribution is 0.0525. The Bertz CT molecular complexity index is 621. The van der Waals surface area contributed by atoms with Gasteiger partial charge in [-0.3, -0.25) is 4.68 Å². The fourth-order valence-electron chi connectivity index (χ4n) is 1.68. The molecule has 20 heavy (non-hydrogen) atoms. The number of esters is 1. The van der Waals surface area contributed by atoms with Crippen molar-refractivity contribution in [1.82, 2.24) is 14.8 Å². The number of hydrogen-bond donors (Lipinski definition) is 1. The van der Waals surface area contributed by atoms with Crippen LogP contribution in [0, 0.1) is 6.92 Å². The minimum Gasteiger partial charge on any atom is -0.462 e. The quantitative estimate of drug-likeness (QED) is 0.673. The van der Waals surface area contributed by atoms with Crippen molar-refractivity contribution in [3.63, 3.8) is 0 Å². The van der Waals surface area contributed by atoms with Crippen molar-refractivity contribution in [2.45, 2.75) is 23.8 Å². The smallest absolute Gasteiger partial charge is 0.341 e. The monoisotopic (exact) mass is 312 g/mol. The molecule has 0 saturated carbocycles. The fourth-order valence-corrected chi connectivity index (χ4v) is 3.78. The third kappa shape index (κ3) is 3.13. The van der Waals surface area contributed by atoms with Gasteiger partial charge in [-0.05, 0) is 13.8 Å². The highest BCUT2D eigenvalue weighted by Gasteiger charge is 2.18. The van der Waals surface area contributed by atoms with Gasteiger partial charge in [0.2, 0.25) is 0 Å². The van der Waals surface area contributed by atoms with Crippen molar-refractivity contribution >= 4 is 34.2 Å². The minimum atomic E-state index is -0.336. The van der Waals surface area contributed by atoms with Crippen LogP contribution in [0.2, 0.25) is 0 Å². The number of hydrogen-bond acceptors (Lipinski definition) is 7. The number of carbonyl (C=O) groups excluding carboxylic acids is 1. The molecule has 0 amide bonds. The largest absolute Gasteiger partial charge is 0.462 e. The van der Waals surface area contributed by atoms with E-state index in [-0.39, 0.29) is 5.97 Å². The molecule has 0 spiro atoms. The summed E-state index contributed by atoms with van der Waals surface area (Å²) in [7, 11) is 1.81. The van der Waals surface area contributed by atoms with E-state index in [1.54, 1.807) is 29.6 Å². The molecule has 2 N–H and O–H groups in total. The van der Waals surface area contributed by atoms with Gasteiger partial charge in [0, 0.05) is 12.8 Å². The van der Waals surface area contributed by atoms with Gasteiger partial charge >= 0.3 is 5.97 Å². The lowest BCUT2D eigenvalue weighted by Crippen LogP contribution is -2.08. The highest BCUT2D eigenvalue weighted by atomic mass is 32.2. The summed E-state index contributed by atoms with van der Waals surface area (Å²) in [4.78, 5) is 16.0. The van der Waals surface area contributed by atoms with Crippen LogP contribution in [-0.4, -0.2) is 27.3 Å². The van der Waals surface area contributed by atoms with E-state index < -0.39 is 0 Å². The molecule has 2 heterocycles. The number of thiazole rings is 1. The molecule has 2 aromatic heterocycles. The van der Waals surface area contributed by atoms with Gasteiger partial charge in [-0.25, -0.2) is 9.78 Å². The number of nitrogens with two attached hydrogens (primary N) is 1. The summed E-state index contributed by atoms with van der Waals surface area (Å²) in [5.74, 6) is 0.282. The Balaban J connectivity index is 2.15. The molecule has 6 nitrogen and oxygen atoms in total. The molecule has 108 valence electrons. The number of anilines is 1. The van der Waals surface area contributed by atoms with Crippen molar-refractivity contribution in [1.29, 1.82) is 0 Å². The van der Waals surface area contributed by atoms with Crippen molar-refractivity contribution < 1.29 is 9.53 Å². The Morgan fingerprint density at radius 2 is 2.35 bits per heavy atom. The average molecular weight is 312 g/mol. The Morgan fingerprint density at radius 3 is 2.95 bits per heavy atom. The van der Waals surface area contributed by atoms with E-state index in [4.69, 9.17) is 10.5 Å². The molecule has 0 bridgehead atoms. The van der Waals surface area contributed by atoms with Gasteiger partial charge in [-0.1, -0.05) is 11.3 Å². The molecule has 8 heteroatoms. The van der Waals surface area contributed by atoms with E-state index >= 15 is 0 Å². The van der Waals surface area contributed by atoms with Gasteiger partial charge in [-0.2, -0.15) is 5.10 Å². The molecule has 0 radical (unpaired) electrons. The number of thioether (sulfide) groups is 1. The Hall–Kier alpha value is -1.54. The van der Waals surface area contributed by atoms with E-state index in [1.165, 1.54) is 11.3 Å². The topological polar surface area (TPSA) is 83.0 Å². The number of rotatable bonds is 5. The lowest BCUT2D eigenvalue weighted by Gasteiger charge is -2.05. The third-order valence-corrected chi connectivity index (χ3v) is 5.03. The zero-order valence-corrected chi connectivity index (χ0v) is 13.2. The molecule has 0 atom stereocenters. The van der Waals surface area contributed by atoms with E-state index in [9.17, 15) is 4.79 Å². The molecule has 0 fully saturated rings. The van der Waals surface area contributed by atoms with Crippen LogP contribution in [0.25, 0.3) is 0 Å². The van der Waals surface area contributed by atoms with Crippen LogP contribution in [0.15, 0.2) is 10.4 Å². The van der Waals surface area contributed by atoms with Crippen LogP contribution in [0.1, 0.15) is 28.7 Å². The maximum atomic E-state index is 11.8. The summed E-state index contributed by atoms with van der Waals surface area (Å²) in [6.07, 6.45) is 1.54. The first-order chi connectivity index (χ1) is 9.52. The molecule has 0 aromatic carbocycles. The number of aryl methyl sites for hydroxylation is 2. The molecule has 2 rings (SSSR count). The van der Waals surface area contributed by atoms with E-state index in [0.29, 0.717) is 23.1 Å². The molecule has 0 aliphatic heterocycles. The second-order valence-electron chi connectivity index (χ2n) is 4.06. The number of carbonyl (C=O) groups is 1. The van der Waals surface area contributed by atoms with E-state index in [2.05, 4.69) is 10.1 Å².